The van der Waals surface area contributed by atoms with Gasteiger partial charge in [-0.2, -0.15) is 0 Å². The van der Waals surface area contributed by atoms with Gasteiger partial charge in [0.1, 0.15) is 6.61 Å². The maximum absolute atomic E-state index is 5.80. The van der Waals surface area contributed by atoms with E-state index < -0.39 is 0 Å². The maximum Gasteiger partial charge on any atom is 0.288 e. The molecule has 0 amide bonds. The molecule has 3 aliphatic rings. The fraction of sp³-hybridized carbons (Fsp3) is 0.933. The summed E-state index contributed by atoms with van der Waals surface area (Å²) in [5.41, 5.74) is 0. The molecular weight excluding hydrogens is 260 g/mol. The number of hydrogen-bond donors (Lipinski definition) is 0. The van der Waals surface area contributed by atoms with Gasteiger partial charge in [0.2, 0.25) is 0 Å². The van der Waals surface area contributed by atoms with Crippen molar-refractivity contribution < 1.29 is 4.74 Å². The zero-order valence-corrected chi connectivity index (χ0v) is 12.7. The summed E-state index contributed by atoms with van der Waals surface area (Å²) >= 11 is 0. The summed E-state index contributed by atoms with van der Waals surface area (Å²) in [5, 5.41) is 0. The van der Waals surface area contributed by atoms with Gasteiger partial charge in [0.25, 0.3) is 6.02 Å². The van der Waals surface area contributed by atoms with Crippen molar-refractivity contribution in [2.75, 3.05) is 13.2 Å². The fourth-order valence-electron chi connectivity index (χ4n) is 3.62. The molecule has 1 aliphatic heterocycles. The number of amidine groups is 1. The van der Waals surface area contributed by atoms with Gasteiger partial charge >= 0.3 is 0 Å². The molecule has 19 heavy (non-hydrogen) atoms. The second-order valence-corrected chi connectivity index (χ2v) is 6.04. The van der Waals surface area contributed by atoms with Crippen LogP contribution in [0.15, 0.2) is 4.99 Å². The van der Waals surface area contributed by atoms with Crippen molar-refractivity contribution in [2.45, 2.75) is 76.3 Å². The van der Waals surface area contributed by atoms with E-state index in [-0.39, 0.29) is 12.4 Å². The van der Waals surface area contributed by atoms with Crippen LogP contribution < -0.4 is 0 Å². The van der Waals surface area contributed by atoms with Crippen molar-refractivity contribution in [3.63, 3.8) is 0 Å². The first-order valence-corrected chi connectivity index (χ1v) is 7.91. The minimum absolute atomic E-state index is 0. The number of halogens is 1. The van der Waals surface area contributed by atoms with E-state index in [9.17, 15) is 0 Å². The Morgan fingerprint density at radius 3 is 2.21 bits per heavy atom. The summed E-state index contributed by atoms with van der Waals surface area (Å²) in [6.45, 7) is 1.91. The molecule has 0 N–H and O–H groups in total. The second kappa shape index (κ2) is 7.37. The van der Waals surface area contributed by atoms with E-state index in [0.29, 0.717) is 12.1 Å². The van der Waals surface area contributed by atoms with Gasteiger partial charge in [-0.25, -0.2) is 4.99 Å². The van der Waals surface area contributed by atoms with Crippen molar-refractivity contribution >= 4 is 18.4 Å². The molecular formula is C15H27ClN2O. The van der Waals surface area contributed by atoms with Crippen LogP contribution in [0.3, 0.4) is 0 Å². The Bertz CT molecular complexity index is 297. The third-order valence-corrected chi connectivity index (χ3v) is 4.69. The molecule has 0 aromatic rings. The van der Waals surface area contributed by atoms with Gasteiger partial charge in [0.15, 0.2) is 0 Å². The Labute approximate surface area is 123 Å². The normalized spacial score (nSPS) is 28.2. The van der Waals surface area contributed by atoms with E-state index in [4.69, 9.17) is 9.73 Å². The zero-order chi connectivity index (χ0) is 12.2. The van der Waals surface area contributed by atoms with Crippen molar-refractivity contribution in [2.24, 2.45) is 4.99 Å². The van der Waals surface area contributed by atoms with Gasteiger partial charge in [-0.05, 0) is 25.7 Å². The van der Waals surface area contributed by atoms with Crippen LogP contribution in [-0.4, -0.2) is 36.2 Å². The van der Waals surface area contributed by atoms with Crippen LogP contribution in [0.4, 0.5) is 0 Å². The number of rotatable bonds is 2. The Morgan fingerprint density at radius 1 is 0.895 bits per heavy atom. The van der Waals surface area contributed by atoms with E-state index in [1.54, 1.807) is 0 Å². The molecule has 4 heteroatoms. The third kappa shape index (κ3) is 3.77. The summed E-state index contributed by atoms with van der Waals surface area (Å²) in [7, 11) is 0. The number of hydrogen-bond acceptors (Lipinski definition) is 2. The molecule has 2 saturated carbocycles. The molecule has 3 nitrogen and oxygen atoms in total. The molecule has 110 valence electrons. The summed E-state index contributed by atoms with van der Waals surface area (Å²) in [5.74, 6) is 0. The number of ether oxygens (including phenoxy) is 1. The van der Waals surface area contributed by atoms with E-state index in [2.05, 4.69) is 4.90 Å². The van der Waals surface area contributed by atoms with E-state index in [1.807, 2.05) is 0 Å². The highest BCUT2D eigenvalue weighted by Gasteiger charge is 2.30. The van der Waals surface area contributed by atoms with Crippen LogP contribution in [0.2, 0.25) is 0 Å². The summed E-state index contributed by atoms with van der Waals surface area (Å²) < 4.78 is 5.80. The Balaban J connectivity index is 0.00000133. The highest BCUT2D eigenvalue weighted by atomic mass is 35.5. The van der Waals surface area contributed by atoms with Gasteiger partial charge in [0.05, 0.1) is 12.6 Å². The molecule has 1 saturated heterocycles. The maximum atomic E-state index is 5.80. The van der Waals surface area contributed by atoms with Gasteiger partial charge < -0.3 is 9.64 Å². The fourth-order valence-corrected chi connectivity index (χ4v) is 3.62. The highest BCUT2D eigenvalue weighted by molar-refractivity contribution is 5.85. The van der Waals surface area contributed by atoms with Gasteiger partial charge in [-0.15, -0.1) is 12.4 Å². The first-order valence-electron chi connectivity index (χ1n) is 7.91. The van der Waals surface area contributed by atoms with Gasteiger partial charge in [-0.3, -0.25) is 0 Å². The van der Waals surface area contributed by atoms with Gasteiger partial charge in [0, 0.05) is 6.04 Å². The van der Waals surface area contributed by atoms with E-state index in [1.165, 1.54) is 64.2 Å². The van der Waals surface area contributed by atoms with Crippen LogP contribution >= 0.6 is 12.4 Å². The standard InChI is InChI=1S/C15H26N2O.ClH/c1-3-7-13(8-4-1)16-15-17(11-12-18-15)14-9-5-2-6-10-14;/h13-14H,1-12H2;1H/b16-15+;. The zero-order valence-electron chi connectivity index (χ0n) is 11.9. The SMILES string of the molecule is C1CCC(/N=C2/OCCN2C2CCCCC2)CC1.Cl. The monoisotopic (exact) mass is 286 g/mol. The molecule has 0 bridgehead atoms. The first-order chi connectivity index (χ1) is 8.93. The van der Waals surface area contributed by atoms with Crippen molar-refractivity contribution in [1.29, 1.82) is 0 Å². The number of aliphatic imine (C=N–C) groups is 1. The quantitative estimate of drug-likeness (QED) is 0.772. The molecule has 1 heterocycles. The number of nitrogens with zero attached hydrogens (tertiary/aromatic N) is 2. The predicted molar refractivity (Wildman–Crippen MR) is 81.1 cm³/mol. The predicted octanol–water partition coefficient (Wildman–Crippen LogP) is 3.76. The highest BCUT2D eigenvalue weighted by Crippen LogP contribution is 2.26. The van der Waals surface area contributed by atoms with Crippen molar-refractivity contribution in [3.8, 4) is 0 Å². The van der Waals surface area contributed by atoms with Crippen LogP contribution in [0.1, 0.15) is 64.2 Å². The third-order valence-electron chi connectivity index (χ3n) is 4.69. The van der Waals surface area contributed by atoms with Crippen LogP contribution in [-0.2, 0) is 4.74 Å². The lowest BCUT2D eigenvalue weighted by Gasteiger charge is -2.31. The van der Waals surface area contributed by atoms with Crippen LogP contribution in [0.25, 0.3) is 0 Å². The Morgan fingerprint density at radius 2 is 1.53 bits per heavy atom. The molecule has 0 aromatic carbocycles. The van der Waals surface area contributed by atoms with Crippen LogP contribution in [0, 0.1) is 0 Å². The minimum atomic E-state index is 0. The van der Waals surface area contributed by atoms with E-state index >= 15 is 0 Å². The smallest absolute Gasteiger partial charge is 0.288 e. The molecule has 0 unspecified atom stereocenters. The summed E-state index contributed by atoms with van der Waals surface area (Å²) in [6, 6.07) is 2.23. The Hall–Kier alpha value is -0.440. The molecule has 2 aliphatic carbocycles. The molecule has 3 fully saturated rings. The lowest BCUT2D eigenvalue weighted by molar-refractivity contribution is 0.256. The molecule has 0 spiro atoms. The van der Waals surface area contributed by atoms with Crippen molar-refractivity contribution in [3.05, 3.63) is 0 Å². The summed E-state index contributed by atoms with van der Waals surface area (Å²) in [6.07, 6.45) is 13.5. The average molecular weight is 287 g/mol. The van der Waals surface area contributed by atoms with E-state index in [0.717, 1.165) is 19.2 Å². The summed E-state index contributed by atoms with van der Waals surface area (Å²) in [4.78, 5) is 7.38. The van der Waals surface area contributed by atoms with Crippen molar-refractivity contribution in [1.82, 2.24) is 4.90 Å². The molecule has 0 atom stereocenters. The first kappa shape index (κ1) is 15.0. The Kier molecular flexibility index (Phi) is 5.80. The van der Waals surface area contributed by atoms with Gasteiger partial charge in [-0.1, -0.05) is 38.5 Å². The topological polar surface area (TPSA) is 24.8 Å². The minimum Gasteiger partial charge on any atom is -0.463 e. The molecule has 0 radical (unpaired) electrons. The average Bonchev–Trinajstić information content (AvgIpc) is 2.89. The second-order valence-electron chi connectivity index (χ2n) is 6.04. The molecule has 3 rings (SSSR count). The lowest BCUT2D eigenvalue weighted by Crippen LogP contribution is -2.38. The largest absolute Gasteiger partial charge is 0.463 e. The lowest BCUT2D eigenvalue weighted by atomic mass is 9.94. The molecule has 0 aromatic heterocycles. The van der Waals surface area contributed by atoms with Crippen LogP contribution in [0.5, 0.6) is 0 Å².